The second kappa shape index (κ2) is 8.67. The molecule has 0 unspecified atom stereocenters. The van der Waals surface area contributed by atoms with Crippen molar-refractivity contribution in [1.29, 1.82) is 0 Å². The maximum atomic E-state index is 12.3. The lowest BCUT2D eigenvalue weighted by molar-refractivity contribution is 0.0527. The molecule has 0 radical (unpaired) electrons. The summed E-state index contributed by atoms with van der Waals surface area (Å²) in [7, 11) is 0. The van der Waals surface area contributed by atoms with Crippen LogP contribution in [0.15, 0.2) is 24.3 Å². The molecule has 0 spiro atoms. The Kier molecular flexibility index (Phi) is 6.58. The predicted octanol–water partition coefficient (Wildman–Crippen LogP) is 4.33. The van der Waals surface area contributed by atoms with E-state index in [9.17, 15) is 9.59 Å². The van der Waals surface area contributed by atoms with Crippen LogP contribution in [-0.2, 0) is 16.0 Å². The zero-order chi connectivity index (χ0) is 18.4. The van der Waals surface area contributed by atoms with E-state index in [1.54, 1.807) is 20.8 Å². The van der Waals surface area contributed by atoms with Crippen LogP contribution in [0.2, 0.25) is 0 Å². The number of carbonyl (C=O) groups is 2. The summed E-state index contributed by atoms with van der Waals surface area (Å²) in [4.78, 5) is 24.9. The Morgan fingerprint density at radius 2 is 1.76 bits per heavy atom. The first kappa shape index (κ1) is 19.0. The fraction of sp³-hybridized carbons (Fsp3) is 0.368. The molecule has 0 saturated carbocycles. The van der Waals surface area contributed by atoms with E-state index in [0.717, 1.165) is 5.56 Å². The van der Waals surface area contributed by atoms with Crippen molar-refractivity contribution in [2.24, 2.45) is 0 Å². The summed E-state index contributed by atoms with van der Waals surface area (Å²) in [6.45, 7) is 8.40. The van der Waals surface area contributed by atoms with Gasteiger partial charge in [0.1, 0.15) is 9.88 Å². The highest BCUT2D eigenvalue weighted by atomic mass is 32.1. The Morgan fingerprint density at radius 1 is 1.08 bits per heavy atom. The van der Waals surface area contributed by atoms with Crippen molar-refractivity contribution in [3.8, 4) is 0 Å². The molecule has 0 aliphatic heterocycles. The lowest BCUT2D eigenvalue weighted by Crippen LogP contribution is -2.10. The number of carbonyl (C=O) groups excluding carboxylic acids is 2. The van der Waals surface area contributed by atoms with E-state index in [1.165, 1.54) is 16.9 Å². The number of benzene rings is 1. The molecule has 0 aliphatic rings. The maximum Gasteiger partial charge on any atom is 0.348 e. The Morgan fingerprint density at radius 3 is 2.40 bits per heavy atom. The lowest BCUT2D eigenvalue weighted by atomic mass is 10.1. The molecule has 0 fully saturated rings. The molecule has 25 heavy (non-hydrogen) atoms. The summed E-state index contributed by atoms with van der Waals surface area (Å²) in [5.74, 6) is -0.849. The van der Waals surface area contributed by atoms with Gasteiger partial charge in [-0.3, -0.25) is 0 Å². The zero-order valence-electron chi connectivity index (χ0n) is 15.0. The van der Waals surface area contributed by atoms with Crippen molar-refractivity contribution in [1.82, 2.24) is 0 Å². The van der Waals surface area contributed by atoms with Crippen LogP contribution in [0.25, 0.3) is 0 Å². The first-order valence-electron chi connectivity index (χ1n) is 8.24. The first-order chi connectivity index (χ1) is 12.0. The number of ether oxygens (including phenoxy) is 2. The molecular weight excluding hydrogens is 338 g/mol. The fourth-order valence-corrected chi connectivity index (χ4v) is 3.57. The van der Waals surface area contributed by atoms with E-state index in [-0.39, 0.29) is 13.2 Å². The predicted molar refractivity (Wildman–Crippen MR) is 99.5 cm³/mol. The average molecular weight is 361 g/mol. The van der Waals surface area contributed by atoms with Crippen LogP contribution < -0.4 is 5.32 Å². The Hall–Kier alpha value is -2.34. The van der Waals surface area contributed by atoms with Crippen LogP contribution in [0.3, 0.4) is 0 Å². The number of hydrogen-bond acceptors (Lipinski definition) is 6. The molecule has 0 saturated heterocycles. The minimum absolute atomic E-state index is 0.278. The standard InChI is InChI=1S/C19H23NO4S/c1-5-23-18(21)15-13(4)16(19(22)24-6-2)25-17(15)20-11-14-9-7-8-12(3)10-14/h7-10,20H,5-6,11H2,1-4H3. The molecule has 6 heteroatoms. The quantitative estimate of drug-likeness (QED) is 0.744. The minimum atomic E-state index is -0.432. The molecule has 2 rings (SSSR count). The number of nitrogens with one attached hydrogen (secondary N) is 1. The Labute approximate surface area is 152 Å². The van der Waals surface area contributed by atoms with E-state index in [1.807, 2.05) is 25.1 Å². The topological polar surface area (TPSA) is 64.6 Å². The van der Waals surface area contributed by atoms with Gasteiger partial charge in [0.15, 0.2) is 0 Å². The monoisotopic (exact) mass is 361 g/mol. The SMILES string of the molecule is CCOC(=O)c1sc(NCc2cccc(C)c2)c(C(=O)OCC)c1C. The smallest absolute Gasteiger partial charge is 0.348 e. The molecule has 1 aromatic carbocycles. The molecule has 1 aromatic heterocycles. The molecule has 134 valence electrons. The van der Waals surface area contributed by atoms with Crippen molar-refractivity contribution in [2.75, 3.05) is 18.5 Å². The second-order valence-corrected chi connectivity index (χ2v) is 6.56. The summed E-state index contributed by atoms with van der Waals surface area (Å²) in [6, 6.07) is 8.10. The van der Waals surface area contributed by atoms with Crippen molar-refractivity contribution >= 4 is 28.3 Å². The fourth-order valence-electron chi connectivity index (χ4n) is 2.48. The largest absolute Gasteiger partial charge is 0.462 e. The highest BCUT2D eigenvalue weighted by Gasteiger charge is 2.26. The van der Waals surface area contributed by atoms with E-state index >= 15 is 0 Å². The summed E-state index contributed by atoms with van der Waals surface area (Å²) < 4.78 is 10.2. The summed E-state index contributed by atoms with van der Waals surface area (Å²) in [5, 5.41) is 3.89. The van der Waals surface area contributed by atoms with Crippen LogP contribution in [0.4, 0.5) is 5.00 Å². The zero-order valence-corrected chi connectivity index (χ0v) is 15.8. The third-order valence-corrected chi connectivity index (χ3v) is 4.85. The molecule has 5 nitrogen and oxygen atoms in total. The number of hydrogen-bond donors (Lipinski definition) is 1. The van der Waals surface area contributed by atoms with Crippen molar-refractivity contribution < 1.29 is 19.1 Å². The Bertz CT molecular complexity index is 767. The number of aryl methyl sites for hydroxylation is 1. The van der Waals surface area contributed by atoms with E-state index in [2.05, 4.69) is 11.4 Å². The molecule has 2 aromatic rings. The van der Waals surface area contributed by atoms with Gasteiger partial charge < -0.3 is 14.8 Å². The van der Waals surface area contributed by atoms with Crippen LogP contribution in [0.5, 0.6) is 0 Å². The number of thiophene rings is 1. The molecular formula is C19H23NO4S. The summed E-state index contributed by atoms with van der Waals surface area (Å²) in [6.07, 6.45) is 0. The molecule has 1 N–H and O–H groups in total. The normalized spacial score (nSPS) is 10.4. The van der Waals surface area contributed by atoms with Crippen LogP contribution in [0, 0.1) is 13.8 Å². The third kappa shape index (κ3) is 4.60. The van der Waals surface area contributed by atoms with Gasteiger partial charge in [0.25, 0.3) is 0 Å². The highest BCUT2D eigenvalue weighted by Crippen LogP contribution is 2.34. The van der Waals surface area contributed by atoms with Crippen LogP contribution >= 0.6 is 11.3 Å². The highest BCUT2D eigenvalue weighted by molar-refractivity contribution is 7.18. The average Bonchev–Trinajstić information content (AvgIpc) is 2.90. The van der Waals surface area contributed by atoms with Crippen LogP contribution in [-0.4, -0.2) is 25.2 Å². The number of rotatable bonds is 7. The van der Waals surface area contributed by atoms with Crippen LogP contribution in [0.1, 0.15) is 50.6 Å². The summed E-state index contributed by atoms with van der Waals surface area (Å²) >= 11 is 1.23. The number of esters is 2. The van der Waals surface area contributed by atoms with Gasteiger partial charge in [-0.2, -0.15) is 0 Å². The van der Waals surface area contributed by atoms with Gasteiger partial charge in [0.05, 0.1) is 18.8 Å². The van der Waals surface area contributed by atoms with E-state index < -0.39 is 11.9 Å². The minimum Gasteiger partial charge on any atom is -0.462 e. The maximum absolute atomic E-state index is 12.3. The first-order valence-corrected chi connectivity index (χ1v) is 9.06. The molecule has 1 heterocycles. The third-order valence-electron chi connectivity index (χ3n) is 3.62. The van der Waals surface area contributed by atoms with Crippen molar-refractivity contribution in [2.45, 2.75) is 34.2 Å². The van der Waals surface area contributed by atoms with Gasteiger partial charge in [-0.15, -0.1) is 11.3 Å². The second-order valence-electron chi connectivity index (χ2n) is 5.54. The van der Waals surface area contributed by atoms with Gasteiger partial charge in [0.2, 0.25) is 0 Å². The molecule has 0 amide bonds. The molecule has 0 bridgehead atoms. The van der Waals surface area contributed by atoms with E-state index in [0.29, 0.717) is 27.5 Å². The van der Waals surface area contributed by atoms with Crippen molar-refractivity contribution in [3.05, 3.63) is 51.4 Å². The summed E-state index contributed by atoms with van der Waals surface area (Å²) in [5.41, 5.74) is 3.26. The van der Waals surface area contributed by atoms with Gasteiger partial charge in [-0.25, -0.2) is 9.59 Å². The van der Waals surface area contributed by atoms with E-state index in [4.69, 9.17) is 9.47 Å². The molecule has 0 atom stereocenters. The van der Waals surface area contributed by atoms with Crippen molar-refractivity contribution in [3.63, 3.8) is 0 Å². The lowest BCUT2D eigenvalue weighted by Gasteiger charge is -2.08. The Balaban J connectivity index is 2.32. The van der Waals surface area contributed by atoms with Gasteiger partial charge in [-0.05, 0) is 38.8 Å². The van der Waals surface area contributed by atoms with Gasteiger partial charge >= 0.3 is 11.9 Å². The van der Waals surface area contributed by atoms with Gasteiger partial charge in [0, 0.05) is 6.54 Å². The van der Waals surface area contributed by atoms with Gasteiger partial charge in [-0.1, -0.05) is 29.8 Å². The number of anilines is 1. The molecule has 0 aliphatic carbocycles.